The summed E-state index contributed by atoms with van der Waals surface area (Å²) in [5.41, 5.74) is 0.965. The molecule has 0 saturated carbocycles. The highest BCUT2D eigenvalue weighted by Crippen LogP contribution is 2.44. The number of thiophene rings is 1. The van der Waals surface area contributed by atoms with Gasteiger partial charge in [0.25, 0.3) is 0 Å². The van der Waals surface area contributed by atoms with E-state index in [1.807, 2.05) is 30.3 Å². The SMILES string of the molecule is [2H]c1c([2H])c([2H])c2c(-c3ccc4sc5cc6ccccc6cc5c4c3)c3c([2H])c([2H])c([2H])c([2H])c3c(Br)c2c1[2H]. The Morgan fingerprint density at radius 2 is 1.19 bits per heavy atom. The summed E-state index contributed by atoms with van der Waals surface area (Å²) in [4.78, 5) is 0. The van der Waals surface area contributed by atoms with Crippen molar-refractivity contribution in [3.05, 3.63) is 107 Å². The third-order valence-electron chi connectivity index (χ3n) is 5.94. The van der Waals surface area contributed by atoms with Crippen LogP contribution in [0.5, 0.6) is 0 Å². The van der Waals surface area contributed by atoms with Gasteiger partial charge in [-0.2, -0.15) is 0 Å². The predicted octanol–water partition coefficient (Wildman–Crippen LogP) is 9.94. The molecular weight excluding hydrogens is 472 g/mol. The maximum Gasteiger partial charge on any atom is 0.0630 e. The zero-order chi connectivity index (χ0) is 28.2. The molecule has 2 heteroatoms. The van der Waals surface area contributed by atoms with E-state index in [4.69, 9.17) is 11.0 Å². The summed E-state index contributed by atoms with van der Waals surface area (Å²) in [5.74, 6) is 0. The van der Waals surface area contributed by atoms with Crippen LogP contribution in [0.2, 0.25) is 0 Å². The van der Waals surface area contributed by atoms with Gasteiger partial charge in [-0.25, -0.2) is 0 Å². The lowest BCUT2D eigenvalue weighted by atomic mass is 9.91. The van der Waals surface area contributed by atoms with Crippen LogP contribution in [-0.2, 0) is 0 Å². The highest BCUT2D eigenvalue weighted by molar-refractivity contribution is 9.10. The Kier molecular flexibility index (Phi) is 2.62. The van der Waals surface area contributed by atoms with Crippen molar-refractivity contribution < 1.29 is 11.0 Å². The van der Waals surface area contributed by atoms with Crippen LogP contribution in [0.4, 0.5) is 0 Å². The van der Waals surface area contributed by atoms with E-state index < -0.39 is 24.2 Å². The highest BCUT2D eigenvalue weighted by atomic mass is 79.9. The molecule has 0 aliphatic heterocycles. The molecular formula is C30H17BrS. The molecule has 0 unspecified atom stereocenters. The number of fused-ring (bicyclic) bond motifs is 6. The number of benzene rings is 6. The standard InChI is InChI=1S/C30H17BrS/c31-30-23-11-5-3-9-21(23)29(22-10-4-6-12-24(22)30)20-13-14-27-25(16-20)26-15-18-7-1-2-8-19(18)17-28(26)32-27/h1-17H/i3D,4D,5D,6D,9D,10D,11D,12D. The van der Waals surface area contributed by atoms with Crippen molar-refractivity contribution in [2.45, 2.75) is 0 Å². The van der Waals surface area contributed by atoms with E-state index in [1.165, 1.54) is 0 Å². The first-order chi connectivity index (χ1) is 19.1. The zero-order valence-electron chi connectivity index (χ0n) is 24.5. The fourth-order valence-electron chi connectivity index (χ4n) is 4.49. The second-order valence-electron chi connectivity index (χ2n) is 7.70. The Hall–Kier alpha value is -3.20. The van der Waals surface area contributed by atoms with Gasteiger partial charge < -0.3 is 0 Å². The quantitative estimate of drug-likeness (QED) is 0.198. The Morgan fingerprint density at radius 1 is 0.594 bits per heavy atom. The third kappa shape index (κ3) is 2.60. The fourth-order valence-corrected chi connectivity index (χ4v) is 6.20. The molecule has 0 atom stereocenters. The van der Waals surface area contributed by atoms with Crippen LogP contribution in [0.25, 0.3) is 63.6 Å². The van der Waals surface area contributed by atoms with Gasteiger partial charge in [0.1, 0.15) is 0 Å². The van der Waals surface area contributed by atoms with Gasteiger partial charge in [-0.05, 0) is 83.6 Å². The summed E-state index contributed by atoms with van der Waals surface area (Å²) in [6.07, 6.45) is 0. The van der Waals surface area contributed by atoms with Gasteiger partial charge in [-0.1, -0.05) is 78.7 Å². The number of hydrogen-bond donors (Lipinski definition) is 0. The number of hydrogen-bond acceptors (Lipinski definition) is 1. The maximum absolute atomic E-state index is 8.86. The molecule has 6 aromatic carbocycles. The lowest BCUT2D eigenvalue weighted by Crippen LogP contribution is -1.87. The van der Waals surface area contributed by atoms with E-state index in [-0.39, 0.29) is 50.2 Å². The first-order valence-corrected chi connectivity index (χ1v) is 11.7. The van der Waals surface area contributed by atoms with Crippen molar-refractivity contribution in [3.8, 4) is 11.1 Å². The molecule has 7 rings (SSSR count). The molecule has 150 valence electrons. The molecule has 0 N–H and O–H groups in total. The monoisotopic (exact) mass is 496 g/mol. The molecule has 0 spiro atoms. The zero-order valence-corrected chi connectivity index (χ0v) is 18.9. The molecule has 0 saturated heterocycles. The van der Waals surface area contributed by atoms with Crippen molar-refractivity contribution in [2.75, 3.05) is 0 Å². The Morgan fingerprint density at radius 3 is 1.88 bits per heavy atom. The van der Waals surface area contributed by atoms with Gasteiger partial charge in [0.05, 0.1) is 11.0 Å². The van der Waals surface area contributed by atoms with Crippen LogP contribution in [0.3, 0.4) is 0 Å². The summed E-state index contributed by atoms with van der Waals surface area (Å²) in [6.45, 7) is 0. The molecule has 7 aromatic rings. The molecule has 0 radical (unpaired) electrons. The molecule has 32 heavy (non-hydrogen) atoms. The van der Waals surface area contributed by atoms with Gasteiger partial charge in [-0.3, -0.25) is 0 Å². The van der Waals surface area contributed by atoms with Gasteiger partial charge in [0, 0.05) is 24.6 Å². The highest BCUT2D eigenvalue weighted by Gasteiger charge is 2.15. The van der Waals surface area contributed by atoms with E-state index >= 15 is 0 Å². The van der Waals surface area contributed by atoms with Crippen molar-refractivity contribution in [1.29, 1.82) is 0 Å². The van der Waals surface area contributed by atoms with E-state index in [0.717, 1.165) is 30.9 Å². The van der Waals surface area contributed by atoms with Gasteiger partial charge in [-0.15, -0.1) is 11.3 Å². The van der Waals surface area contributed by atoms with Gasteiger partial charge in [0.15, 0.2) is 0 Å². The van der Waals surface area contributed by atoms with Crippen LogP contribution in [-0.4, -0.2) is 0 Å². The predicted molar refractivity (Wildman–Crippen MR) is 145 cm³/mol. The average Bonchev–Trinajstić information content (AvgIpc) is 3.31. The van der Waals surface area contributed by atoms with E-state index in [2.05, 4.69) is 40.2 Å². The molecule has 0 aliphatic carbocycles. The Balaban J connectivity index is 1.72. The summed E-state index contributed by atoms with van der Waals surface area (Å²) in [6, 6.07) is 15.5. The van der Waals surface area contributed by atoms with E-state index in [9.17, 15) is 0 Å². The molecule has 1 aromatic heterocycles. The molecule has 0 aliphatic rings. The summed E-state index contributed by atoms with van der Waals surface area (Å²) in [5, 5.41) is 5.03. The van der Waals surface area contributed by atoms with E-state index in [0.29, 0.717) is 11.1 Å². The summed E-state index contributed by atoms with van der Waals surface area (Å²) >= 11 is 5.13. The first kappa shape index (κ1) is 12.2. The lowest BCUT2D eigenvalue weighted by Gasteiger charge is -2.14. The second kappa shape index (κ2) is 6.90. The van der Waals surface area contributed by atoms with Crippen molar-refractivity contribution in [3.63, 3.8) is 0 Å². The molecule has 0 fully saturated rings. The van der Waals surface area contributed by atoms with E-state index in [1.54, 1.807) is 11.3 Å². The van der Waals surface area contributed by atoms with Crippen LogP contribution >= 0.6 is 27.3 Å². The number of rotatable bonds is 1. The van der Waals surface area contributed by atoms with Crippen LogP contribution < -0.4 is 0 Å². The largest absolute Gasteiger partial charge is 0.135 e. The normalized spacial score (nSPS) is 15.4. The topological polar surface area (TPSA) is 0 Å². The third-order valence-corrected chi connectivity index (χ3v) is 7.87. The fraction of sp³-hybridized carbons (Fsp3) is 0. The summed E-state index contributed by atoms with van der Waals surface area (Å²) < 4.78 is 70.9. The van der Waals surface area contributed by atoms with Crippen molar-refractivity contribution in [1.82, 2.24) is 0 Å². The Labute approximate surface area is 209 Å². The van der Waals surface area contributed by atoms with Crippen LogP contribution in [0.15, 0.2) is 107 Å². The molecule has 0 nitrogen and oxygen atoms in total. The van der Waals surface area contributed by atoms with Crippen molar-refractivity contribution >= 4 is 79.8 Å². The minimum Gasteiger partial charge on any atom is -0.135 e. The number of halogens is 1. The lowest BCUT2D eigenvalue weighted by molar-refractivity contribution is 1.71. The Bertz CT molecular complexity index is 2190. The van der Waals surface area contributed by atoms with Crippen molar-refractivity contribution in [2.24, 2.45) is 0 Å². The molecule has 0 amide bonds. The minimum atomic E-state index is -0.407. The second-order valence-corrected chi connectivity index (χ2v) is 9.57. The smallest absolute Gasteiger partial charge is 0.0630 e. The average molecular weight is 497 g/mol. The maximum atomic E-state index is 8.86. The van der Waals surface area contributed by atoms with Gasteiger partial charge in [0.2, 0.25) is 0 Å². The summed E-state index contributed by atoms with van der Waals surface area (Å²) in [7, 11) is 0. The van der Waals surface area contributed by atoms with Gasteiger partial charge >= 0.3 is 0 Å². The van der Waals surface area contributed by atoms with Crippen LogP contribution in [0, 0.1) is 0 Å². The minimum absolute atomic E-state index is 0.180. The molecule has 1 heterocycles. The first-order valence-electron chi connectivity index (χ1n) is 14.1. The molecule has 0 bridgehead atoms. The van der Waals surface area contributed by atoms with Crippen LogP contribution in [0.1, 0.15) is 11.0 Å².